The number of carbonyl (C=O) groups excluding carboxylic acids is 1. The molecule has 0 spiro atoms. The summed E-state index contributed by atoms with van der Waals surface area (Å²) in [4.78, 5) is 25.5. The Morgan fingerprint density at radius 1 is 1.25 bits per heavy atom. The first-order valence-corrected chi connectivity index (χ1v) is 8.14. The molecule has 0 amide bonds. The van der Waals surface area contributed by atoms with E-state index in [1.165, 1.54) is 9.08 Å². The molecule has 0 aliphatic rings. The van der Waals surface area contributed by atoms with Crippen molar-refractivity contribution in [1.29, 1.82) is 0 Å². The Morgan fingerprint density at radius 3 is 2.54 bits per heavy atom. The lowest BCUT2D eigenvalue weighted by molar-refractivity contribution is 0.0928. The van der Waals surface area contributed by atoms with Gasteiger partial charge in [0.25, 0.3) is 0 Å². The summed E-state index contributed by atoms with van der Waals surface area (Å²) in [7, 11) is 0. The lowest BCUT2D eigenvalue weighted by Crippen LogP contribution is -2.33. The van der Waals surface area contributed by atoms with E-state index in [2.05, 4.69) is 5.10 Å². The van der Waals surface area contributed by atoms with Crippen LogP contribution >= 0.6 is 11.6 Å². The van der Waals surface area contributed by atoms with E-state index in [1.54, 1.807) is 13.0 Å². The molecule has 0 aliphatic carbocycles. The minimum absolute atomic E-state index is 0.0968. The zero-order valence-corrected chi connectivity index (χ0v) is 14.5. The van der Waals surface area contributed by atoms with E-state index in [0.717, 1.165) is 5.56 Å². The van der Waals surface area contributed by atoms with E-state index in [0.29, 0.717) is 28.5 Å². The highest BCUT2D eigenvalue weighted by atomic mass is 35.5. The average Bonchev–Trinajstić information content (AvgIpc) is 2.85. The van der Waals surface area contributed by atoms with Gasteiger partial charge >= 0.3 is 5.69 Å². The summed E-state index contributed by atoms with van der Waals surface area (Å²) in [5.74, 6) is -0.322. The van der Waals surface area contributed by atoms with Gasteiger partial charge < -0.3 is 0 Å². The summed E-state index contributed by atoms with van der Waals surface area (Å²) in [5, 5.41) is 4.60. The van der Waals surface area contributed by atoms with Crippen LogP contribution in [0.3, 0.4) is 0 Å². The van der Waals surface area contributed by atoms with Crippen molar-refractivity contribution in [3.8, 4) is 0 Å². The largest absolute Gasteiger partial charge is 0.350 e. The van der Waals surface area contributed by atoms with Gasteiger partial charge in [0.1, 0.15) is 0 Å². The molecule has 0 saturated carbocycles. The normalized spacial score (nSPS) is 11.4. The van der Waals surface area contributed by atoms with Crippen LogP contribution in [0, 0.1) is 12.8 Å². The topological polar surface area (TPSA) is 56.4 Å². The van der Waals surface area contributed by atoms with Crippen molar-refractivity contribution in [2.75, 3.05) is 0 Å². The number of ketones is 1. The molecule has 0 N–H and O–H groups in total. The van der Waals surface area contributed by atoms with Crippen molar-refractivity contribution in [3.05, 3.63) is 68.9 Å². The highest BCUT2D eigenvalue weighted by molar-refractivity contribution is 6.34. The van der Waals surface area contributed by atoms with Crippen molar-refractivity contribution in [3.63, 3.8) is 0 Å². The van der Waals surface area contributed by atoms with Crippen LogP contribution in [-0.2, 0) is 6.54 Å². The maximum Gasteiger partial charge on any atom is 0.350 e. The van der Waals surface area contributed by atoms with E-state index >= 15 is 0 Å². The number of aromatic nitrogens is 3. The molecule has 0 bridgehead atoms. The van der Waals surface area contributed by atoms with Crippen LogP contribution in [0.2, 0.25) is 5.02 Å². The number of benzene rings is 1. The van der Waals surface area contributed by atoms with Gasteiger partial charge in [0, 0.05) is 5.92 Å². The second-order valence-corrected chi connectivity index (χ2v) is 6.48. The fourth-order valence-corrected chi connectivity index (χ4v) is 2.81. The Morgan fingerprint density at radius 2 is 1.92 bits per heavy atom. The number of nitrogens with zero attached hydrogens (tertiary/aromatic N) is 3. The molecule has 5 nitrogen and oxygen atoms in total. The fourth-order valence-electron chi connectivity index (χ4n) is 2.64. The maximum absolute atomic E-state index is 12.9. The molecular formula is C18H18ClN3O2. The number of hydrogen-bond acceptors (Lipinski definition) is 3. The fraction of sp³-hybridized carbons (Fsp3) is 0.278. The maximum atomic E-state index is 12.9. The van der Waals surface area contributed by atoms with E-state index in [4.69, 9.17) is 11.6 Å². The number of fused-ring (bicyclic) bond motifs is 1. The van der Waals surface area contributed by atoms with Gasteiger partial charge in [-0.3, -0.25) is 9.36 Å². The van der Waals surface area contributed by atoms with Crippen LogP contribution in [0.5, 0.6) is 0 Å². The van der Waals surface area contributed by atoms with E-state index in [1.807, 2.05) is 44.2 Å². The summed E-state index contributed by atoms with van der Waals surface area (Å²) in [5.41, 5.74) is 1.96. The van der Waals surface area contributed by atoms with Crippen molar-refractivity contribution >= 4 is 22.9 Å². The lowest BCUT2D eigenvalue weighted by atomic mass is 10.1. The van der Waals surface area contributed by atoms with Crippen molar-refractivity contribution in [2.24, 2.45) is 5.92 Å². The monoisotopic (exact) mass is 343 g/mol. The number of halogens is 1. The van der Waals surface area contributed by atoms with Gasteiger partial charge in [-0.25, -0.2) is 4.79 Å². The smallest absolute Gasteiger partial charge is 0.292 e. The van der Waals surface area contributed by atoms with Crippen LogP contribution in [0.25, 0.3) is 5.52 Å². The Balaban J connectivity index is 2.28. The second-order valence-electron chi connectivity index (χ2n) is 6.10. The van der Waals surface area contributed by atoms with Crippen molar-refractivity contribution < 1.29 is 4.79 Å². The molecule has 0 unspecified atom stereocenters. The zero-order valence-electron chi connectivity index (χ0n) is 13.8. The highest BCUT2D eigenvalue weighted by Crippen LogP contribution is 2.22. The third-order valence-electron chi connectivity index (χ3n) is 3.96. The van der Waals surface area contributed by atoms with Crippen LogP contribution in [-0.4, -0.2) is 20.0 Å². The molecule has 0 aliphatic heterocycles. The summed E-state index contributed by atoms with van der Waals surface area (Å²) in [6, 6.07) is 11.2. The minimum atomic E-state index is -0.365. The van der Waals surface area contributed by atoms with Gasteiger partial charge in [0.15, 0.2) is 5.78 Å². The summed E-state index contributed by atoms with van der Waals surface area (Å²) in [6.07, 6.45) is 0. The Bertz CT molecular complexity index is 971. The Hall–Kier alpha value is -2.40. The molecule has 6 heteroatoms. The first-order valence-electron chi connectivity index (χ1n) is 7.77. The quantitative estimate of drug-likeness (QED) is 0.683. The summed E-state index contributed by atoms with van der Waals surface area (Å²) < 4.78 is 2.73. The SMILES string of the molecule is Cc1nn2c(=O)n(Cc3ccccc3)c(C(=O)C(C)C)cc2c1Cl. The van der Waals surface area contributed by atoms with Gasteiger partial charge in [-0.05, 0) is 18.6 Å². The molecule has 124 valence electrons. The molecule has 1 aromatic carbocycles. The third kappa shape index (κ3) is 2.76. The Kier molecular flexibility index (Phi) is 4.28. The highest BCUT2D eigenvalue weighted by Gasteiger charge is 2.21. The molecule has 2 heterocycles. The van der Waals surface area contributed by atoms with Gasteiger partial charge in [0.2, 0.25) is 0 Å². The molecule has 0 radical (unpaired) electrons. The van der Waals surface area contributed by atoms with Crippen LogP contribution in [0.4, 0.5) is 0 Å². The molecule has 0 atom stereocenters. The third-order valence-corrected chi connectivity index (χ3v) is 4.42. The van der Waals surface area contributed by atoms with Crippen LogP contribution < -0.4 is 5.69 Å². The van der Waals surface area contributed by atoms with Gasteiger partial charge in [-0.2, -0.15) is 9.61 Å². The molecule has 2 aromatic heterocycles. The van der Waals surface area contributed by atoms with Crippen LogP contribution in [0.15, 0.2) is 41.2 Å². The number of carbonyl (C=O) groups is 1. The van der Waals surface area contributed by atoms with Crippen molar-refractivity contribution in [1.82, 2.24) is 14.2 Å². The number of rotatable bonds is 4. The van der Waals surface area contributed by atoms with Gasteiger partial charge in [-0.15, -0.1) is 0 Å². The average molecular weight is 344 g/mol. The summed E-state index contributed by atoms with van der Waals surface area (Å²) >= 11 is 6.24. The number of aryl methyl sites for hydroxylation is 1. The van der Waals surface area contributed by atoms with Gasteiger partial charge in [0.05, 0.1) is 28.5 Å². The molecule has 0 saturated heterocycles. The van der Waals surface area contributed by atoms with E-state index in [9.17, 15) is 9.59 Å². The second kappa shape index (κ2) is 6.24. The molecule has 0 fully saturated rings. The number of hydrogen-bond donors (Lipinski definition) is 0. The standard InChI is InChI=1S/C18H18ClN3O2/c1-11(2)17(23)15-9-14-16(19)12(3)20-22(14)18(24)21(15)10-13-7-5-4-6-8-13/h4-9,11H,10H2,1-3H3. The van der Waals surface area contributed by atoms with E-state index < -0.39 is 0 Å². The number of Topliss-reactive ketones (excluding diaryl/α,β-unsaturated/α-hetero) is 1. The predicted molar refractivity (Wildman–Crippen MR) is 93.9 cm³/mol. The minimum Gasteiger partial charge on any atom is -0.292 e. The molecule has 3 rings (SSSR count). The first-order chi connectivity index (χ1) is 11.4. The Labute approximate surface area is 144 Å². The zero-order chi connectivity index (χ0) is 17.4. The van der Waals surface area contributed by atoms with E-state index in [-0.39, 0.29) is 17.4 Å². The molecule has 3 aromatic rings. The summed E-state index contributed by atoms with van der Waals surface area (Å²) in [6.45, 7) is 5.67. The van der Waals surface area contributed by atoms with Crippen molar-refractivity contribution in [2.45, 2.75) is 27.3 Å². The van der Waals surface area contributed by atoms with Crippen LogP contribution in [0.1, 0.15) is 35.6 Å². The predicted octanol–water partition coefficient (Wildman–Crippen LogP) is 3.34. The first kappa shape index (κ1) is 16.5. The van der Waals surface area contributed by atoms with Gasteiger partial charge in [-0.1, -0.05) is 55.8 Å². The lowest BCUT2D eigenvalue weighted by Gasteiger charge is -2.14. The molecular weight excluding hydrogens is 326 g/mol. The molecule has 24 heavy (non-hydrogen) atoms.